The Balaban J connectivity index is 2.83. The van der Waals surface area contributed by atoms with Gasteiger partial charge >= 0.3 is 0 Å². The van der Waals surface area contributed by atoms with Gasteiger partial charge in [0.25, 0.3) is 0 Å². The summed E-state index contributed by atoms with van der Waals surface area (Å²) in [5.74, 6) is 0. The van der Waals surface area contributed by atoms with E-state index in [2.05, 4.69) is 64.1 Å². The number of likely N-dealkylation sites (N-methyl/N-ethyl adjacent to an activating group) is 1. The van der Waals surface area contributed by atoms with Crippen molar-refractivity contribution in [3.63, 3.8) is 0 Å². The zero-order valence-electron chi connectivity index (χ0n) is 13.8. The number of aliphatic hydroxyl groups is 1. The number of hydrogen-bond donors (Lipinski definition) is 2. The van der Waals surface area contributed by atoms with E-state index in [1.54, 1.807) is 0 Å². The summed E-state index contributed by atoms with van der Waals surface area (Å²) in [6.07, 6.45) is 0.476. The summed E-state index contributed by atoms with van der Waals surface area (Å²) in [6, 6.07) is 4.41. The number of aryl methyl sites for hydroxylation is 3. The SMILES string of the molecule is CCC(NCCN(C)C)C(O)c1c(C)cc(C)cc1C. The predicted octanol–water partition coefficient (Wildman–Crippen LogP) is 2.58. The van der Waals surface area contributed by atoms with Gasteiger partial charge in [0.1, 0.15) is 0 Å². The molecule has 0 aliphatic heterocycles. The van der Waals surface area contributed by atoms with Crippen LogP contribution in [0, 0.1) is 20.8 Å². The molecule has 0 amide bonds. The smallest absolute Gasteiger partial charge is 0.0947 e. The summed E-state index contributed by atoms with van der Waals surface area (Å²) >= 11 is 0. The molecule has 114 valence electrons. The van der Waals surface area contributed by atoms with E-state index in [9.17, 15) is 5.11 Å². The Morgan fingerprint density at radius 3 is 2.15 bits per heavy atom. The molecule has 0 bridgehead atoms. The first-order chi connectivity index (χ1) is 9.36. The van der Waals surface area contributed by atoms with Crippen molar-refractivity contribution >= 4 is 0 Å². The molecule has 2 N–H and O–H groups in total. The van der Waals surface area contributed by atoms with Crippen LogP contribution in [0.5, 0.6) is 0 Å². The van der Waals surface area contributed by atoms with Gasteiger partial charge in [-0.2, -0.15) is 0 Å². The molecule has 0 heterocycles. The average molecular weight is 278 g/mol. The van der Waals surface area contributed by atoms with Gasteiger partial charge in [-0.15, -0.1) is 0 Å². The number of aliphatic hydroxyl groups excluding tert-OH is 1. The van der Waals surface area contributed by atoms with Crippen LogP contribution >= 0.6 is 0 Å². The molecule has 2 unspecified atom stereocenters. The van der Waals surface area contributed by atoms with Crippen molar-refractivity contribution < 1.29 is 5.11 Å². The van der Waals surface area contributed by atoms with Gasteiger partial charge in [0.05, 0.1) is 6.10 Å². The van der Waals surface area contributed by atoms with Crippen LogP contribution in [0.4, 0.5) is 0 Å². The Bertz CT molecular complexity index is 406. The maximum absolute atomic E-state index is 10.7. The fourth-order valence-corrected chi connectivity index (χ4v) is 2.81. The average Bonchev–Trinajstić information content (AvgIpc) is 2.32. The molecule has 0 aromatic heterocycles. The van der Waals surface area contributed by atoms with Crippen LogP contribution < -0.4 is 5.32 Å². The van der Waals surface area contributed by atoms with Gasteiger partial charge in [0.15, 0.2) is 0 Å². The minimum atomic E-state index is -0.442. The second-order valence-electron chi connectivity index (χ2n) is 6.03. The van der Waals surface area contributed by atoms with Crippen molar-refractivity contribution in [1.29, 1.82) is 0 Å². The number of nitrogens with zero attached hydrogens (tertiary/aromatic N) is 1. The zero-order valence-corrected chi connectivity index (χ0v) is 13.8. The van der Waals surface area contributed by atoms with Crippen molar-refractivity contribution in [2.45, 2.75) is 46.3 Å². The van der Waals surface area contributed by atoms with Crippen molar-refractivity contribution in [3.05, 3.63) is 34.4 Å². The van der Waals surface area contributed by atoms with Gasteiger partial charge in [-0.05, 0) is 58.0 Å². The first-order valence-electron chi connectivity index (χ1n) is 7.50. The van der Waals surface area contributed by atoms with Gasteiger partial charge in [-0.1, -0.05) is 24.6 Å². The Kier molecular flexibility index (Phi) is 6.66. The van der Waals surface area contributed by atoms with Crippen molar-refractivity contribution in [1.82, 2.24) is 10.2 Å². The molecule has 0 saturated heterocycles. The van der Waals surface area contributed by atoms with E-state index in [4.69, 9.17) is 0 Å². The predicted molar refractivity (Wildman–Crippen MR) is 86.2 cm³/mol. The van der Waals surface area contributed by atoms with Crippen LogP contribution in [0.2, 0.25) is 0 Å². The van der Waals surface area contributed by atoms with Crippen LogP contribution in [0.15, 0.2) is 12.1 Å². The fourth-order valence-electron chi connectivity index (χ4n) is 2.81. The Labute approximate surface area is 124 Å². The van der Waals surface area contributed by atoms with E-state index in [-0.39, 0.29) is 6.04 Å². The third-order valence-corrected chi connectivity index (χ3v) is 3.82. The lowest BCUT2D eigenvalue weighted by Crippen LogP contribution is -2.38. The molecular weight excluding hydrogens is 248 g/mol. The van der Waals surface area contributed by atoms with Gasteiger partial charge in [-0.3, -0.25) is 0 Å². The van der Waals surface area contributed by atoms with Crippen LogP contribution in [0.1, 0.15) is 41.7 Å². The fraction of sp³-hybridized carbons (Fsp3) is 0.647. The summed E-state index contributed by atoms with van der Waals surface area (Å²) in [5, 5.41) is 14.2. The molecule has 0 fully saturated rings. The molecule has 3 nitrogen and oxygen atoms in total. The third kappa shape index (κ3) is 4.58. The van der Waals surface area contributed by atoms with E-state index in [0.717, 1.165) is 25.1 Å². The van der Waals surface area contributed by atoms with Crippen molar-refractivity contribution in [2.24, 2.45) is 0 Å². The highest BCUT2D eigenvalue weighted by molar-refractivity contribution is 5.39. The molecule has 1 rings (SSSR count). The number of nitrogens with one attached hydrogen (secondary N) is 1. The quantitative estimate of drug-likeness (QED) is 0.804. The van der Waals surface area contributed by atoms with Gasteiger partial charge in [0, 0.05) is 19.1 Å². The second-order valence-corrected chi connectivity index (χ2v) is 6.03. The molecule has 2 atom stereocenters. The lowest BCUT2D eigenvalue weighted by molar-refractivity contribution is 0.123. The molecule has 1 aromatic carbocycles. The van der Waals surface area contributed by atoms with Crippen LogP contribution in [0.25, 0.3) is 0 Å². The standard InChI is InChI=1S/C17H30N2O/c1-7-15(18-8-9-19(5)6)17(20)16-13(3)10-12(2)11-14(16)4/h10-11,15,17-18,20H,7-9H2,1-6H3. The summed E-state index contributed by atoms with van der Waals surface area (Å²) in [4.78, 5) is 2.15. The van der Waals surface area contributed by atoms with Gasteiger partial charge in [0.2, 0.25) is 0 Å². The van der Waals surface area contributed by atoms with E-state index < -0.39 is 6.10 Å². The molecule has 0 radical (unpaired) electrons. The van der Waals surface area contributed by atoms with Crippen LogP contribution in [-0.4, -0.2) is 43.2 Å². The van der Waals surface area contributed by atoms with Gasteiger partial charge in [-0.25, -0.2) is 0 Å². The first kappa shape index (κ1) is 17.2. The van der Waals surface area contributed by atoms with E-state index in [1.807, 2.05) is 0 Å². The van der Waals surface area contributed by atoms with Crippen LogP contribution in [0.3, 0.4) is 0 Å². The summed E-state index contributed by atoms with van der Waals surface area (Å²) in [7, 11) is 4.13. The minimum absolute atomic E-state index is 0.107. The highest BCUT2D eigenvalue weighted by atomic mass is 16.3. The molecule has 1 aromatic rings. The van der Waals surface area contributed by atoms with E-state index >= 15 is 0 Å². The van der Waals surface area contributed by atoms with Crippen molar-refractivity contribution in [3.8, 4) is 0 Å². The molecular formula is C17H30N2O. The number of rotatable bonds is 7. The summed E-state index contributed by atoms with van der Waals surface area (Å²) in [6.45, 7) is 10.3. The number of hydrogen-bond acceptors (Lipinski definition) is 3. The molecule has 20 heavy (non-hydrogen) atoms. The Morgan fingerprint density at radius 2 is 1.70 bits per heavy atom. The van der Waals surface area contributed by atoms with Crippen molar-refractivity contribution in [2.75, 3.05) is 27.2 Å². The molecule has 3 heteroatoms. The largest absolute Gasteiger partial charge is 0.387 e. The highest BCUT2D eigenvalue weighted by Crippen LogP contribution is 2.27. The van der Waals surface area contributed by atoms with E-state index in [1.165, 1.54) is 16.7 Å². The topological polar surface area (TPSA) is 35.5 Å². The molecule has 0 aliphatic rings. The maximum Gasteiger partial charge on any atom is 0.0947 e. The minimum Gasteiger partial charge on any atom is -0.387 e. The first-order valence-corrected chi connectivity index (χ1v) is 7.50. The molecule has 0 saturated carbocycles. The van der Waals surface area contributed by atoms with E-state index in [0.29, 0.717) is 0 Å². The Hall–Kier alpha value is -0.900. The third-order valence-electron chi connectivity index (χ3n) is 3.82. The molecule has 0 spiro atoms. The molecule has 0 aliphatic carbocycles. The van der Waals surface area contributed by atoms with Crippen LogP contribution in [-0.2, 0) is 0 Å². The monoisotopic (exact) mass is 278 g/mol. The lowest BCUT2D eigenvalue weighted by Gasteiger charge is -2.27. The maximum atomic E-state index is 10.7. The second kappa shape index (κ2) is 7.77. The number of benzene rings is 1. The lowest BCUT2D eigenvalue weighted by atomic mass is 9.91. The summed E-state index contributed by atoms with van der Waals surface area (Å²) in [5.41, 5.74) is 4.70. The zero-order chi connectivity index (χ0) is 15.3. The summed E-state index contributed by atoms with van der Waals surface area (Å²) < 4.78 is 0. The highest BCUT2D eigenvalue weighted by Gasteiger charge is 2.22. The van der Waals surface area contributed by atoms with Gasteiger partial charge < -0.3 is 15.3 Å². The Morgan fingerprint density at radius 1 is 1.15 bits per heavy atom. The normalized spacial score (nSPS) is 14.6.